The standard InChI is InChI=1S/C21H23N5O/c1-15-3-6-19(23-20(15)26-11-9-25(2)10-12-26)24-21(27)17-5-4-16-7-8-22-14-18(16)13-17/h3-8,13-14H,9-12H2,1-2H3,(H,23,24,27). The molecule has 0 saturated carbocycles. The third kappa shape index (κ3) is 3.75. The number of hydrogen-bond donors (Lipinski definition) is 1. The summed E-state index contributed by atoms with van der Waals surface area (Å²) in [5, 5.41) is 4.94. The van der Waals surface area contributed by atoms with Gasteiger partial charge in [-0.2, -0.15) is 0 Å². The number of likely N-dealkylation sites (N-methyl/N-ethyl adjacent to an activating group) is 1. The molecule has 3 aromatic rings. The lowest BCUT2D eigenvalue weighted by molar-refractivity contribution is 0.102. The second-order valence-corrected chi connectivity index (χ2v) is 7.02. The summed E-state index contributed by atoms with van der Waals surface area (Å²) in [5.74, 6) is 1.36. The van der Waals surface area contributed by atoms with E-state index in [0.29, 0.717) is 11.4 Å². The molecule has 3 heterocycles. The summed E-state index contributed by atoms with van der Waals surface area (Å²) in [6.07, 6.45) is 3.51. The summed E-state index contributed by atoms with van der Waals surface area (Å²) in [6.45, 7) is 5.98. The van der Waals surface area contributed by atoms with Crippen molar-refractivity contribution in [1.82, 2.24) is 14.9 Å². The van der Waals surface area contributed by atoms with Crippen LogP contribution in [0.2, 0.25) is 0 Å². The molecule has 6 nitrogen and oxygen atoms in total. The Balaban J connectivity index is 1.54. The van der Waals surface area contributed by atoms with E-state index >= 15 is 0 Å². The van der Waals surface area contributed by atoms with Gasteiger partial charge in [0.05, 0.1) is 0 Å². The fourth-order valence-corrected chi connectivity index (χ4v) is 3.34. The summed E-state index contributed by atoms with van der Waals surface area (Å²) in [7, 11) is 2.13. The Morgan fingerprint density at radius 1 is 1.04 bits per heavy atom. The maximum absolute atomic E-state index is 12.7. The van der Waals surface area contributed by atoms with Gasteiger partial charge in [-0.3, -0.25) is 9.78 Å². The van der Waals surface area contributed by atoms with E-state index in [4.69, 9.17) is 4.98 Å². The van der Waals surface area contributed by atoms with Crippen LogP contribution < -0.4 is 10.2 Å². The van der Waals surface area contributed by atoms with Gasteiger partial charge in [-0.05, 0) is 49.2 Å². The molecule has 0 bridgehead atoms. The fourth-order valence-electron chi connectivity index (χ4n) is 3.34. The zero-order chi connectivity index (χ0) is 18.8. The molecule has 1 aromatic carbocycles. The minimum Gasteiger partial charge on any atom is -0.354 e. The number of carbonyl (C=O) groups excluding carboxylic acids is 1. The average Bonchev–Trinajstić information content (AvgIpc) is 2.70. The SMILES string of the molecule is Cc1ccc(NC(=O)c2ccc3ccncc3c2)nc1N1CCN(C)CC1. The normalized spacial score (nSPS) is 15.1. The molecular formula is C21H23N5O. The van der Waals surface area contributed by atoms with Crippen LogP contribution in [0.15, 0.2) is 48.8 Å². The second-order valence-electron chi connectivity index (χ2n) is 7.02. The fraction of sp³-hybridized carbons (Fsp3) is 0.286. The molecular weight excluding hydrogens is 338 g/mol. The second kappa shape index (κ2) is 7.32. The van der Waals surface area contributed by atoms with E-state index in [1.807, 2.05) is 36.4 Å². The molecule has 1 aliphatic heterocycles. The number of carbonyl (C=O) groups is 1. The summed E-state index contributed by atoms with van der Waals surface area (Å²) in [6, 6.07) is 11.4. The predicted octanol–water partition coefficient (Wildman–Crippen LogP) is 2.94. The molecule has 1 saturated heterocycles. The molecule has 1 amide bonds. The van der Waals surface area contributed by atoms with Crippen LogP contribution in [-0.4, -0.2) is 54.0 Å². The predicted molar refractivity (Wildman–Crippen MR) is 108 cm³/mol. The molecule has 27 heavy (non-hydrogen) atoms. The smallest absolute Gasteiger partial charge is 0.256 e. The number of nitrogens with zero attached hydrogens (tertiary/aromatic N) is 4. The van der Waals surface area contributed by atoms with Crippen LogP contribution in [0.1, 0.15) is 15.9 Å². The molecule has 1 fully saturated rings. The summed E-state index contributed by atoms with van der Waals surface area (Å²) in [4.78, 5) is 26.1. The Morgan fingerprint density at radius 2 is 1.85 bits per heavy atom. The summed E-state index contributed by atoms with van der Waals surface area (Å²) in [5.41, 5.74) is 1.72. The van der Waals surface area contributed by atoms with E-state index in [1.165, 1.54) is 0 Å². The van der Waals surface area contributed by atoms with Gasteiger partial charge in [0.25, 0.3) is 5.91 Å². The van der Waals surface area contributed by atoms with Crippen molar-refractivity contribution in [2.24, 2.45) is 0 Å². The van der Waals surface area contributed by atoms with Crippen molar-refractivity contribution in [3.05, 3.63) is 59.9 Å². The van der Waals surface area contributed by atoms with E-state index in [1.54, 1.807) is 12.4 Å². The van der Waals surface area contributed by atoms with Crippen molar-refractivity contribution in [2.75, 3.05) is 43.4 Å². The molecule has 1 aliphatic rings. The Bertz CT molecular complexity index is 979. The van der Waals surface area contributed by atoms with E-state index in [-0.39, 0.29) is 5.91 Å². The number of pyridine rings is 2. The Hall–Kier alpha value is -2.99. The van der Waals surface area contributed by atoms with Gasteiger partial charge < -0.3 is 15.1 Å². The third-order valence-corrected chi connectivity index (χ3v) is 5.02. The quantitative estimate of drug-likeness (QED) is 0.777. The van der Waals surface area contributed by atoms with Crippen molar-refractivity contribution >= 4 is 28.3 Å². The molecule has 6 heteroatoms. The molecule has 0 spiro atoms. The number of anilines is 2. The number of amides is 1. The number of hydrogen-bond acceptors (Lipinski definition) is 5. The number of aromatic nitrogens is 2. The van der Waals surface area contributed by atoms with Gasteiger partial charge in [0, 0.05) is 49.5 Å². The molecule has 0 atom stereocenters. The molecule has 138 valence electrons. The van der Waals surface area contributed by atoms with E-state index in [2.05, 4.69) is 34.1 Å². The number of rotatable bonds is 3. The highest BCUT2D eigenvalue weighted by Gasteiger charge is 2.18. The highest BCUT2D eigenvalue weighted by molar-refractivity contribution is 6.06. The van der Waals surface area contributed by atoms with E-state index < -0.39 is 0 Å². The number of aryl methyl sites for hydroxylation is 1. The minimum absolute atomic E-state index is 0.165. The number of piperazine rings is 1. The van der Waals surface area contributed by atoms with E-state index in [9.17, 15) is 4.79 Å². The van der Waals surface area contributed by atoms with Gasteiger partial charge in [-0.25, -0.2) is 4.98 Å². The van der Waals surface area contributed by atoms with Gasteiger partial charge in [0.1, 0.15) is 11.6 Å². The first-order valence-corrected chi connectivity index (χ1v) is 9.16. The maximum atomic E-state index is 12.7. The van der Waals surface area contributed by atoms with Crippen LogP contribution in [0.3, 0.4) is 0 Å². The highest BCUT2D eigenvalue weighted by atomic mass is 16.1. The van der Waals surface area contributed by atoms with Gasteiger partial charge in [0.15, 0.2) is 0 Å². The Kier molecular flexibility index (Phi) is 4.73. The van der Waals surface area contributed by atoms with Crippen LogP contribution in [0.4, 0.5) is 11.6 Å². The van der Waals surface area contributed by atoms with Crippen molar-refractivity contribution in [3.8, 4) is 0 Å². The molecule has 0 radical (unpaired) electrons. The lowest BCUT2D eigenvalue weighted by Gasteiger charge is -2.34. The molecule has 1 N–H and O–H groups in total. The Labute approximate surface area is 158 Å². The van der Waals surface area contributed by atoms with Crippen LogP contribution in [0.25, 0.3) is 10.8 Å². The van der Waals surface area contributed by atoms with Crippen LogP contribution in [0, 0.1) is 6.92 Å². The highest BCUT2D eigenvalue weighted by Crippen LogP contribution is 2.22. The van der Waals surface area contributed by atoms with Crippen LogP contribution in [0.5, 0.6) is 0 Å². The van der Waals surface area contributed by atoms with Crippen molar-refractivity contribution in [3.63, 3.8) is 0 Å². The molecule has 2 aromatic heterocycles. The number of fused-ring (bicyclic) bond motifs is 1. The molecule has 4 rings (SSSR count). The first kappa shape index (κ1) is 17.4. The van der Waals surface area contributed by atoms with Crippen LogP contribution in [-0.2, 0) is 0 Å². The topological polar surface area (TPSA) is 61.4 Å². The lowest BCUT2D eigenvalue weighted by Crippen LogP contribution is -2.45. The summed E-state index contributed by atoms with van der Waals surface area (Å²) < 4.78 is 0. The van der Waals surface area contributed by atoms with Crippen LogP contribution >= 0.6 is 0 Å². The van der Waals surface area contributed by atoms with Crippen molar-refractivity contribution < 1.29 is 4.79 Å². The molecule has 0 aliphatic carbocycles. The average molecular weight is 361 g/mol. The minimum atomic E-state index is -0.165. The largest absolute Gasteiger partial charge is 0.354 e. The first-order chi connectivity index (χ1) is 13.1. The summed E-state index contributed by atoms with van der Waals surface area (Å²) >= 11 is 0. The van der Waals surface area contributed by atoms with Gasteiger partial charge in [0.2, 0.25) is 0 Å². The lowest BCUT2D eigenvalue weighted by atomic mass is 10.1. The van der Waals surface area contributed by atoms with Crippen molar-refractivity contribution in [2.45, 2.75) is 6.92 Å². The van der Waals surface area contributed by atoms with Gasteiger partial charge >= 0.3 is 0 Å². The first-order valence-electron chi connectivity index (χ1n) is 9.16. The third-order valence-electron chi connectivity index (χ3n) is 5.02. The van der Waals surface area contributed by atoms with Crippen molar-refractivity contribution in [1.29, 1.82) is 0 Å². The number of benzene rings is 1. The van der Waals surface area contributed by atoms with Gasteiger partial charge in [-0.1, -0.05) is 12.1 Å². The zero-order valence-corrected chi connectivity index (χ0v) is 15.6. The molecule has 0 unspecified atom stereocenters. The van der Waals surface area contributed by atoms with Gasteiger partial charge in [-0.15, -0.1) is 0 Å². The van der Waals surface area contributed by atoms with E-state index in [0.717, 1.165) is 48.3 Å². The monoisotopic (exact) mass is 361 g/mol. The zero-order valence-electron chi connectivity index (χ0n) is 15.6. The number of nitrogens with one attached hydrogen (secondary N) is 1. The maximum Gasteiger partial charge on any atom is 0.256 e. The Morgan fingerprint density at radius 3 is 2.67 bits per heavy atom.